The number of rotatable bonds is 6. The van der Waals surface area contributed by atoms with Crippen molar-refractivity contribution in [1.82, 2.24) is 0 Å². The Bertz CT molecular complexity index is 2350. The third-order valence-corrected chi connectivity index (χ3v) is 13.9. The summed E-state index contributed by atoms with van der Waals surface area (Å²) in [7, 11) is 0. The van der Waals surface area contributed by atoms with Crippen LogP contribution in [0.4, 0.5) is 0 Å². The fourth-order valence-electron chi connectivity index (χ4n) is 10.4. The highest BCUT2D eigenvalue weighted by atomic mass is 14.4. The molecule has 0 aliphatic heterocycles. The van der Waals surface area contributed by atoms with E-state index < -0.39 is 0 Å². The topological polar surface area (TPSA) is 0 Å². The Labute approximate surface area is 323 Å². The lowest BCUT2D eigenvalue weighted by atomic mass is 9.64. The molecule has 8 aliphatic rings. The largest absolute Gasteiger partial charge is 0.0842 e. The molecular formula is C54H54. The predicted octanol–water partition coefficient (Wildman–Crippen LogP) is 12.0. The Kier molecular flexibility index (Phi) is 9.48. The first-order chi connectivity index (χ1) is 26.5. The van der Waals surface area contributed by atoms with Crippen molar-refractivity contribution >= 4 is 11.1 Å². The predicted molar refractivity (Wildman–Crippen MR) is 230 cm³/mol. The third kappa shape index (κ3) is 6.18. The molecule has 8 unspecified atom stereocenters. The van der Waals surface area contributed by atoms with Crippen molar-refractivity contribution in [2.24, 2.45) is 47.3 Å². The molecule has 0 saturated heterocycles. The molecular weight excluding hydrogens is 649 g/mol. The summed E-state index contributed by atoms with van der Waals surface area (Å²) < 4.78 is 0. The lowest BCUT2D eigenvalue weighted by Gasteiger charge is -2.39. The van der Waals surface area contributed by atoms with Crippen LogP contribution in [0.2, 0.25) is 0 Å². The van der Waals surface area contributed by atoms with Crippen LogP contribution in [-0.2, 0) is 0 Å². The van der Waals surface area contributed by atoms with E-state index in [2.05, 4.69) is 186 Å². The van der Waals surface area contributed by atoms with Gasteiger partial charge in [-0.3, -0.25) is 0 Å². The van der Waals surface area contributed by atoms with Crippen molar-refractivity contribution in [1.29, 1.82) is 0 Å². The molecule has 0 N–H and O–H groups in total. The third-order valence-electron chi connectivity index (χ3n) is 13.9. The first-order valence-corrected chi connectivity index (χ1v) is 20.7. The van der Waals surface area contributed by atoms with Gasteiger partial charge in [0.15, 0.2) is 0 Å². The summed E-state index contributed by atoms with van der Waals surface area (Å²) in [6.07, 6.45) is 56.7. The van der Waals surface area contributed by atoms with Crippen LogP contribution in [0.1, 0.15) is 53.4 Å². The van der Waals surface area contributed by atoms with Gasteiger partial charge in [0.1, 0.15) is 0 Å². The molecule has 0 saturated carbocycles. The lowest BCUT2D eigenvalue weighted by Crippen LogP contribution is -2.42. The molecule has 270 valence electrons. The Morgan fingerprint density at radius 1 is 0.444 bits per heavy atom. The molecule has 0 radical (unpaired) electrons. The quantitative estimate of drug-likeness (QED) is 0.277. The molecule has 8 atom stereocenters. The van der Waals surface area contributed by atoms with Crippen LogP contribution in [0, 0.1) is 47.3 Å². The Balaban J connectivity index is 1.10. The fraction of sp³-hybridized carbons (Fsp3) is 0.296. The van der Waals surface area contributed by atoms with Crippen LogP contribution in [0.15, 0.2) is 203 Å². The maximum atomic E-state index is 2.48. The average Bonchev–Trinajstić information content (AvgIpc) is 3.22. The minimum absolute atomic E-state index is 0.305. The first-order valence-electron chi connectivity index (χ1n) is 20.7. The standard InChI is InChI=1S/C54H54/c1-35-15-14-24-44(36(35)2)45-33-31-39(37(3)38(45)4)25-28-42-32-34-52(47-19-9-8-18-46(42)47)54-50-22-12-10-20-48(50)53(49-21-11-13-23-51(49)54)43-29-26-41(27-30-43)40-16-6-5-7-17-40/h5-6,8-16,18-26,28-29,31-38,46-48,50H,7,17,27,30H2,1-4H3. The van der Waals surface area contributed by atoms with E-state index in [4.69, 9.17) is 0 Å². The maximum Gasteiger partial charge on any atom is 0.0134 e. The second-order valence-corrected chi connectivity index (χ2v) is 16.7. The van der Waals surface area contributed by atoms with E-state index in [0.717, 1.165) is 25.7 Å². The molecule has 0 spiro atoms. The van der Waals surface area contributed by atoms with E-state index in [0.29, 0.717) is 47.3 Å². The highest BCUT2D eigenvalue weighted by molar-refractivity contribution is 5.82. The number of fused-ring (bicyclic) bond motifs is 3. The normalized spacial score (nSPS) is 32.4. The number of allylic oxidation sites excluding steroid dienone is 30. The van der Waals surface area contributed by atoms with Crippen molar-refractivity contribution in [3.63, 3.8) is 0 Å². The SMILES string of the molecule is CC1C=CC=C(C2=CC=C(C=CC3=CC=C(C4=c5ccccc5=C(C5=CC=C(C6=CC=CCC6)CC5)C5C=CC=CC45)C4C=CC=CC34)C(C)C2C)C1C. The molecule has 0 amide bonds. The fourth-order valence-corrected chi connectivity index (χ4v) is 10.4. The Morgan fingerprint density at radius 2 is 1.06 bits per heavy atom. The van der Waals surface area contributed by atoms with Crippen LogP contribution < -0.4 is 10.4 Å². The van der Waals surface area contributed by atoms with Crippen molar-refractivity contribution in [2.45, 2.75) is 53.4 Å². The summed E-state index contributed by atoms with van der Waals surface area (Å²) >= 11 is 0. The van der Waals surface area contributed by atoms with Gasteiger partial charge in [-0.25, -0.2) is 0 Å². The number of hydrogen-bond acceptors (Lipinski definition) is 0. The Morgan fingerprint density at radius 3 is 1.80 bits per heavy atom. The molecule has 0 heterocycles. The zero-order valence-corrected chi connectivity index (χ0v) is 32.5. The molecule has 8 aliphatic carbocycles. The highest BCUT2D eigenvalue weighted by Gasteiger charge is 2.38. The van der Waals surface area contributed by atoms with Gasteiger partial charge in [0, 0.05) is 23.7 Å². The second kappa shape index (κ2) is 14.7. The minimum Gasteiger partial charge on any atom is -0.0842 e. The summed E-state index contributed by atoms with van der Waals surface area (Å²) in [6, 6.07) is 9.29. The van der Waals surface area contributed by atoms with E-state index >= 15 is 0 Å². The van der Waals surface area contributed by atoms with E-state index in [1.54, 1.807) is 0 Å². The van der Waals surface area contributed by atoms with Gasteiger partial charge in [0.05, 0.1) is 0 Å². The van der Waals surface area contributed by atoms with Gasteiger partial charge < -0.3 is 0 Å². The van der Waals surface area contributed by atoms with Crippen LogP contribution in [0.5, 0.6) is 0 Å². The van der Waals surface area contributed by atoms with Gasteiger partial charge in [0.2, 0.25) is 0 Å². The van der Waals surface area contributed by atoms with E-state index in [1.165, 1.54) is 66.2 Å². The molecule has 0 fully saturated rings. The molecule has 1 aromatic rings. The van der Waals surface area contributed by atoms with Crippen molar-refractivity contribution in [2.75, 3.05) is 0 Å². The zero-order chi connectivity index (χ0) is 36.8. The number of benzene rings is 1. The number of hydrogen-bond donors (Lipinski definition) is 0. The van der Waals surface area contributed by atoms with Gasteiger partial charge in [-0.1, -0.05) is 186 Å². The highest BCUT2D eigenvalue weighted by Crippen LogP contribution is 2.48. The smallest absolute Gasteiger partial charge is 0.0134 e. The molecule has 0 heteroatoms. The lowest BCUT2D eigenvalue weighted by molar-refractivity contribution is 0.470. The van der Waals surface area contributed by atoms with Crippen molar-refractivity contribution < 1.29 is 0 Å². The van der Waals surface area contributed by atoms with E-state index in [9.17, 15) is 0 Å². The van der Waals surface area contributed by atoms with E-state index in [-0.39, 0.29) is 0 Å². The molecule has 0 aromatic heterocycles. The van der Waals surface area contributed by atoms with Crippen LogP contribution in [0.25, 0.3) is 11.1 Å². The first kappa shape index (κ1) is 34.8. The minimum atomic E-state index is 0.305. The van der Waals surface area contributed by atoms with Crippen LogP contribution in [0.3, 0.4) is 0 Å². The molecule has 0 nitrogen and oxygen atoms in total. The zero-order valence-electron chi connectivity index (χ0n) is 32.5. The van der Waals surface area contributed by atoms with Crippen molar-refractivity contribution in [3.8, 4) is 0 Å². The Hall–Kier alpha value is -4.94. The summed E-state index contributed by atoms with van der Waals surface area (Å²) in [5, 5.41) is 2.83. The van der Waals surface area contributed by atoms with E-state index in [1.807, 2.05) is 0 Å². The molecule has 9 rings (SSSR count). The van der Waals surface area contributed by atoms with Gasteiger partial charge in [-0.15, -0.1) is 0 Å². The monoisotopic (exact) mass is 702 g/mol. The second-order valence-electron chi connectivity index (χ2n) is 16.7. The van der Waals surface area contributed by atoms with Crippen LogP contribution >= 0.6 is 0 Å². The molecule has 0 bridgehead atoms. The average molecular weight is 703 g/mol. The molecule has 54 heavy (non-hydrogen) atoms. The van der Waals surface area contributed by atoms with Gasteiger partial charge in [0.25, 0.3) is 0 Å². The summed E-state index contributed by atoms with van der Waals surface area (Å²) in [5.74, 6) is 3.36. The maximum absolute atomic E-state index is 2.48. The summed E-state index contributed by atoms with van der Waals surface area (Å²) in [4.78, 5) is 0. The van der Waals surface area contributed by atoms with Crippen molar-refractivity contribution in [3.05, 3.63) is 213 Å². The molecule has 1 aromatic carbocycles. The van der Waals surface area contributed by atoms with Crippen LogP contribution in [-0.4, -0.2) is 0 Å². The van der Waals surface area contributed by atoms with Gasteiger partial charge in [-0.2, -0.15) is 0 Å². The summed E-state index contributed by atoms with van der Waals surface area (Å²) in [5.41, 5.74) is 14.9. The summed E-state index contributed by atoms with van der Waals surface area (Å²) in [6.45, 7) is 9.56. The van der Waals surface area contributed by atoms with Gasteiger partial charge >= 0.3 is 0 Å². The van der Waals surface area contributed by atoms with Gasteiger partial charge in [-0.05, 0) is 116 Å².